The maximum atomic E-state index is 12.1. The summed E-state index contributed by atoms with van der Waals surface area (Å²) in [6.45, 7) is 3.05. The van der Waals surface area contributed by atoms with Crippen LogP contribution >= 0.6 is 0 Å². The monoisotopic (exact) mass is 373 g/mol. The van der Waals surface area contributed by atoms with E-state index < -0.39 is 0 Å². The quantitative estimate of drug-likeness (QED) is 0.507. The molecule has 0 radical (unpaired) electrons. The topological polar surface area (TPSA) is 57.1 Å². The number of carbonyl (C=O) groups excluding carboxylic acids is 1. The Hall–Kier alpha value is -2.04. The van der Waals surface area contributed by atoms with Crippen molar-refractivity contribution in [3.8, 4) is 11.5 Å². The Morgan fingerprint density at radius 1 is 1.22 bits per heavy atom. The molecule has 0 amide bonds. The van der Waals surface area contributed by atoms with Gasteiger partial charge in [-0.1, -0.05) is 6.07 Å². The average Bonchev–Trinajstić information content (AvgIpc) is 3.51. The molecule has 27 heavy (non-hydrogen) atoms. The Morgan fingerprint density at radius 2 is 1.96 bits per heavy atom. The fourth-order valence-electron chi connectivity index (χ4n) is 3.96. The van der Waals surface area contributed by atoms with E-state index in [0.29, 0.717) is 12.5 Å². The maximum absolute atomic E-state index is 12.1. The Balaban J connectivity index is 1.80. The summed E-state index contributed by atoms with van der Waals surface area (Å²) in [5.41, 5.74) is 1.02. The van der Waals surface area contributed by atoms with E-state index in [0.717, 1.165) is 43.8 Å². The van der Waals surface area contributed by atoms with Crippen molar-refractivity contribution >= 4 is 12.2 Å². The van der Waals surface area contributed by atoms with Crippen LogP contribution in [0.15, 0.2) is 23.2 Å². The van der Waals surface area contributed by atoms with Crippen LogP contribution in [0.4, 0.5) is 0 Å². The Labute approximate surface area is 162 Å². The smallest absolute Gasteiger partial charge is 0.308 e. The first-order valence-electron chi connectivity index (χ1n) is 10.0. The van der Waals surface area contributed by atoms with Crippen molar-refractivity contribution < 1.29 is 19.0 Å². The molecule has 0 aliphatic heterocycles. The van der Waals surface area contributed by atoms with Gasteiger partial charge in [0.2, 0.25) is 0 Å². The molecule has 2 fully saturated rings. The van der Waals surface area contributed by atoms with Crippen molar-refractivity contribution in [1.82, 2.24) is 0 Å². The predicted octanol–water partition coefficient (Wildman–Crippen LogP) is 4.18. The van der Waals surface area contributed by atoms with Crippen molar-refractivity contribution in [1.29, 1.82) is 0 Å². The molecule has 1 aromatic rings. The van der Waals surface area contributed by atoms with Crippen molar-refractivity contribution in [2.75, 3.05) is 27.4 Å². The standard InChI is InChI=1S/C22H31NO4/c1-4-26-21(24)17-9-11-22(12-10-17,15-23-2)18-7-8-19(25-3)20(13-18)27-14-16-5-6-16/h7-8,13,15-17H,4-6,9-12,14H2,1-3H3. The molecule has 0 atom stereocenters. The van der Waals surface area contributed by atoms with Gasteiger partial charge in [-0.25, -0.2) is 0 Å². The lowest BCUT2D eigenvalue weighted by molar-refractivity contribution is -0.149. The second-order valence-corrected chi connectivity index (χ2v) is 7.69. The zero-order valence-corrected chi connectivity index (χ0v) is 16.7. The molecule has 0 heterocycles. The lowest BCUT2D eigenvalue weighted by atomic mass is 9.67. The summed E-state index contributed by atoms with van der Waals surface area (Å²) in [4.78, 5) is 16.5. The number of hydrogen-bond acceptors (Lipinski definition) is 5. The highest BCUT2D eigenvalue weighted by molar-refractivity contribution is 5.77. The van der Waals surface area contributed by atoms with Gasteiger partial charge in [0.25, 0.3) is 0 Å². The van der Waals surface area contributed by atoms with Crippen molar-refractivity contribution in [2.24, 2.45) is 16.8 Å². The van der Waals surface area contributed by atoms with E-state index in [4.69, 9.17) is 14.2 Å². The van der Waals surface area contributed by atoms with E-state index in [1.165, 1.54) is 18.4 Å². The van der Waals surface area contributed by atoms with E-state index in [9.17, 15) is 4.79 Å². The second kappa shape index (κ2) is 8.77. The van der Waals surface area contributed by atoms with Crippen LogP contribution in [0, 0.1) is 11.8 Å². The lowest BCUT2D eigenvalue weighted by Crippen LogP contribution is -2.36. The third-order valence-electron chi connectivity index (χ3n) is 5.78. The summed E-state index contributed by atoms with van der Waals surface area (Å²) < 4.78 is 16.8. The molecule has 3 rings (SSSR count). The highest BCUT2D eigenvalue weighted by Crippen LogP contribution is 2.43. The van der Waals surface area contributed by atoms with Crippen LogP contribution in [0.1, 0.15) is 51.0 Å². The number of rotatable bonds is 8. The van der Waals surface area contributed by atoms with E-state index >= 15 is 0 Å². The summed E-state index contributed by atoms with van der Waals surface area (Å²) in [5.74, 6) is 2.18. The summed E-state index contributed by atoms with van der Waals surface area (Å²) >= 11 is 0. The first kappa shape index (κ1) is 19.7. The first-order chi connectivity index (χ1) is 13.1. The summed E-state index contributed by atoms with van der Waals surface area (Å²) in [6, 6.07) is 6.20. The second-order valence-electron chi connectivity index (χ2n) is 7.69. The predicted molar refractivity (Wildman–Crippen MR) is 106 cm³/mol. The first-order valence-corrected chi connectivity index (χ1v) is 10.0. The highest BCUT2D eigenvalue weighted by Gasteiger charge is 2.38. The molecule has 0 bridgehead atoms. The minimum absolute atomic E-state index is 0.00725. The summed E-state index contributed by atoms with van der Waals surface area (Å²) in [7, 11) is 3.49. The highest BCUT2D eigenvalue weighted by atomic mass is 16.5. The zero-order valence-electron chi connectivity index (χ0n) is 16.7. The van der Waals surface area contributed by atoms with Gasteiger partial charge in [0.1, 0.15) is 0 Å². The van der Waals surface area contributed by atoms with Crippen LogP contribution in [0.25, 0.3) is 0 Å². The summed E-state index contributed by atoms with van der Waals surface area (Å²) in [6.07, 6.45) is 7.93. The Kier molecular flexibility index (Phi) is 6.40. The number of nitrogens with zero attached hydrogens (tertiary/aromatic N) is 1. The lowest BCUT2D eigenvalue weighted by Gasteiger charge is -2.37. The average molecular weight is 373 g/mol. The zero-order chi connectivity index (χ0) is 19.3. The van der Waals surface area contributed by atoms with E-state index in [1.807, 2.05) is 26.3 Å². The fraction of sp³-hybridized carbons (Fsp3) is 0.636. The number of esters is 1. The van der Waals surface area contributed by atoms with Crippen LogP contribution in [-0.4, -0.2) is 39.6 Å². The van der Waals surface area contributed by atoms with Gasteiger partial charge in [0.15, 0.2) is 11.5 Å². The normalized spacial score (nSPS) is 25.4. The van der Waals surface area contributed by atoms with Gasteiger partial charge in [-0.2, -0.15) is 0 Å². The van der Waals surface area contributed by atoms with Gasteiger partial charge in [-0.15, -0.1) is 0 Å². The number of methoxy groups -OCH3 is 1. The molecular weight excluding hydrogens is 342 g/mol. The molecule has 5 heteroatoms. The number of carbonyl (C=O) groups is 1. The summed E-state index contributed by atoms with van der Waals surface area (Å²) in [5, 5.41) is 0. The molecule has 2 saturated carbocycles. The Morgan fingerprint density at radius 3 is 2.56 bits per heavy atom. The molecule has 0 N–H and O–H groups in total. The van der Waals surface area contributed by atoms with Gasteiger partial charge >= 0.3 is 5.97 Å². The molecular formula is C22H31NO4. The molecule has 5 nitrogen and oxygen atoms in total. The van der Waals surface area contributed by atoms with Crippen LogP contribution in [0.3, 0.4) is 0 Å². The molecule has 2 aliphatic carbocycles. The van der Waals surface area contributed by atoms with Crippen molar-refractivity contribution in [3.63, 3.8) is 0 Å². The van der Waals surface area contributed by atoms with Gasteiger partial charge in [-0.3, -0.25) is 9.79 Å². The third kappa shape index (κ3) is 4.63. The van der Waals surface area contributed by atoms with Crippen molar-refractivity contribution in [2.45, 2.75) is 50.9 Å². The number of hydrogen-bond donors (Lipinski definition) is 0. The van der Waals surface area contributed by atoms with E-state index in [-0.39, 0.29) is 17.3 Å². The molecule has 0 saturated heterocycles. The van der Waals surface area contributed by atoms with Gasteiger partial charge in [-0.05, 0) is 69.1 Å². The fourth-order valence-corrected chi connectivity index (χ4v) is 3.96. The molecule has 0 unspecified atom stereocenters. The van der Waals surface area contributed by atoms with Crippen LogP contribution in [0.5, 0.6) is 11.5 Å². The third-order valence-corrected chi connectivity index (χ3v) is 5.78. The minimum Gasteiger partial charge on any atom is -0.493 e. The molecule has 2 aliphatic rings. The van der Waals surface area contributed by atoms with Gasteiger partial charge in [0, 0.05) is 18.7 Å². The minimum atomic E-state index is -0.165. The van der Waals surface area contributed by atoms with Crippen molar-refractivity contribution in [3.05, 3.63) is 23.8 Å². The molecule has 0 aromatic heterocycles. The largest absolute Gasteiger partial charge is 0.493 e. The van der Waals surface area contributed by atoms with E-state index in [1.54, 1.807) is 7.11 Å². The number of ether oxygens (including phenoxy) is 3. The number of benzene rings is 1. The van der Waals surface area contributed by atoms with Crippen LogP contribution in [-0.2, 0) is 14.9 Å². The van der Waals surface area contributed by atoms with Gasteiger partial charge < -0.3 is 14.2 Å². The maximum Gasteiger partial charge on any atom is 0.308 e. The van der Waals surface area contributed by atoms with Crippen LogP contribution in [0.2, 0.25) is 0 Å². The van der Waals surface area contributed by atoms with Crippen LogP contribution < -0.4 is 9.47 Å². The SMILES string of the molecule is CCOC(=O)C1CCC(C=NC)(c2ccc(OC)c(OCC3CC3)c2)CC1. The van der Waals surface area contributed by atoms with Gasteiger partial charge in [0.05, 0.1) is 26.2 Å². The molecule has 148 valence electrons. The molecule has 1 aromatic carbocycles. The Bertz CT molecular complexity index is 673. The molecule has 0 spiro atoms. The number of aliphatic imine (C=N–C) groups is 1. The van der Waals surface area contributed by atoms with E-state index in [2.05, 4.69) is 17.1 Å².